The van der Waals surface area contributed by atoms with Crippen molar-refractivity contribution in [3.05, 3.63) is 46.5 Å². The fourth-order valence-corrected chi connectivity index (χ4v) is 7.19. The van der Waals surface area contributed by atoms with E-state index in [1.54, 1.807) is 24.3 Å². The van der Waals surface area contributed by atoms with Gasteiger partial charge in [0.2, 0.25) is 0 Å². The maximum Gasteiger partial charge on any atom is 0.261 e. The van der Waals surface area contributed by atoms with Crippen molar-refractivity contribution in [1.82, 2.24) is 9.80 Å². The molecule has 0 N–H and O–H groups in total. The van der Waals surface area contributed by atoms with Gasteiger partial charge in [0, 0.05) is 45.1 Å². The molecule has 2 fully saturated rings. The number of hydrogen-bond acceptors (Lipinski definition) is 4. The van der Waals surface area contributed by atoms with Gasteiger partial charge in [0.25, 0.3) is 23.6 Å². The zero-order chi connectivity index (χ0) is 25.1. The van der Waals surface area contributed by atoms with E-state index in [0.29, 0.717) is 44.9 Å². The van der Waals surface area contributed by atoms with E-state index in [2.05, 4.69) is 13.8 Å². The standard InChI is InChI=1S/C30H34N2O4/c1-17-7-3-5-9-19(15-17)31-27(33)21-11-13-23-26-24(14-12-22(25(21)26)28(31)34)30(36)32(29(23)35)20-10-6-4-8-18(2)16-20/h11-14,17-20H,3-10,15-16H2,1-2H3. The summed E-state index contributed by atoms with van der Waals surface area (Å²) in [6.45, 7) is 4.38. The summed E-state index contributed by atoms with van der Waals surface area (Å²) < 4.78 is 0. The molecule has 4 atom stereocenters. The Kier molecular flexibility index (Phi) is 5.73. The average molecular weight is 487 g/mol. The monoisotopic (exact) mass is 486 g/mol. The Balaban J connectivity index is 1.44. The zero-order valence-corrected chi connectivity index (χ0v) is 21.2. The van der Waals surface area contributed by atoms with Gasteiger partial charge in [-0.2, -0.15) is 0 Å². The number of benzene rings is 2. The highest BCUT2D eigenvalue weighted by molar-refractivity contribution is 6.33. The van der Waals surface area contributed by atoms with Crippen molar-refractivity contribution in [2.45, 2.75) is 90.1 Å². The van der Waals surface area contributed by atoms with E-state index < -0.39 is 0 Å². The minimum absolute atomic E-state index is 0.117. The maximum atomic E-state index is 13.7. The molecule has 188 valence electrons. The highest BCUT2D eigenvalue weighted by Crippen LogP contribution is 2.41. The lowest BCUT2D eigenvalue weighted by Gasteiger charge is -2.37. The van der Waals surface area contributed by atoms with Crippen LogP contribution >= 0.6 is 0 Å². The third kappa shape index (κ3) is 3.52. The maximum absolute atomic E-state index is 13.7. The Hall–Kier alpha value is -3.02. The molecular formula is C30H34N2O4. The first-order valence-electron chi connectivity index (χ1n) is 13.7. The molecule has 6 rings (SSSR count). The van der Waals surface area contributed by atoms with E-state index in [9.17, 15) is 19.2 Å². The Morgan fingerprint density at radius 1 is 0.528 bits per heavy atom. The van der Waals surface area contributed by atoms with Crippen LogP contribution in [0.4, 0.5) is 0 Å². The van der Waals surface area contributed by atoms with Crippen molar-refractivity contribution in [2.75, 3.05) is 0 Å². The number of carbonyl (C=O) groups is 4. The highest BCUT2D eigenvalue weighted by Gasteiger charge is 2.43. The molecule has 4 unspecified atom stereocenters. The van der Waals surface area contributed by atoms with Gasteiger partial charge in [-0.1, -0.05) is 52.4 Å². The van der Waals surface area contributed by atoms with Crippen LogP contribution < -0.4 is 0 Å². The molecule has 2 heterocycles. The first-order chi connectivity index (χ1) is 17.4. The summed E-state index contributed by atoms with van der Waals surface area (Å²) in [4.78, 5) is 57.9. The van der Waals surface area contributed by atoms with Crippen LogP contribution in [0.15, 0.2) is 24.3 Å². The van der Waals surface area contributed by atoms with E-state index >= 15 is 0 Å². The average Bonchev–Trinajstić information content (AvgIpc) is 3.20. The number of carbonyl (C=O) groups excluding carboxylic acids is 4. The van der Waals surface area contributed by atoms with Crippen LogP contribution in [-0.2, 0) is 0 Å². The molecule has 0 saturated heterocycles. The SMILES string of the molecule is CC1CCCCC(N2C(=O)c3ccc4c5c(ccc(c35)C2=O)C(=O)N(C2CCCCC(C)C2)C4=O)C1. The van der Waals surface area contributed by atoms with Gasteiger partial charge >= 0.3 is 0 Å². The number of imide groups is 2. The lowest BCUT2D eigenvalue weighted by atomic mass is 9.84. The highest BCUT2D eigenvalue weighted by atomic mass is 16.2. The largest absolute Gasteiger partial charge is 0.271 e. The summed E-state index contributed by atoms with van der Waals surface area (Å²) >= 11 is 0. The minimum atomic E-state index is -0.296. The summed E-state index contributed by atoms with van der Waals surface area (Å²) in [5.74, 6) is -0.263. The van der Waals surface area contributed by atoms with Crippen LogP contribution in [0.1, 0.15) is 119 Å². The second kappa shape index (κ2) is 8.82. The van der Waals surface area contributed by atoms with Gasteiger partial charge in [0.05, 0.1) is 0 Å². The molecule has 0 bridgehead atoms. The zero-order valence-electron chi connectivity index (χ0n) is 21.2. The number of amides is 4. The van der Waals surface area contributed by atoms with Gasteiger partial charge in [0.1, 0.15) is 0 Å². The summed E-state index contributed by atoms with van der Waals surface area (Å²) in [6.07, 6.45) is 9.76. The van der Waals surface area contributed by atoms with Crippen molar-refractivity contribution >= 4 is 34.4 Å². The van der Waals surface area contributed by atoms with E-state index in [-0.39, 0.29) is 35.7 Å². The van der Waals surface area contributed by atoms with E-state index in [1.165, 1.54) is 9.80 Å². The van der Waals surface area contributed by atoms with Gasteiger partial charge in [-0.25, -0.2) is 0 Å². The van der Waals surface area contributed by atoms with Gasteiger partial charge in [-0.15, -0.1) is 0 Å². The molecule has 0 spiro atoms. The van der Waals surface area contributed by atoms with Crippen molar-refractivity contribution in [1.29, 1.82) is 0 Å². The molecule has 2 aliphatic carbocycles. The van der Waals surface area contributed by atoms with E-state index in [1.807, 2.05) is 0 Å². The Morgan fingerprint density at radius 2 is 0.833 bits per heavy atom. The molecule has 36 heavy (non-hydrogen) atoms. The molecular weight excluding hydrogens is 452 g/mol. The smallest absolute Gasteiger partial charge is 0.261 e. The molecule has 4 aliphatic rings. The van der Waals surface area contributed by atoms with Crippen LogP contribution in [0.25, 0.3) is 10.8 Å². The van der Waals surface area contributed by atoms with Gasteiger partial charge in [0.15, 0.2) is 0 Å². The van der Waals surface area contributed by atoms with Crippen LogP contribution in [0.2, 0.25) is 0 Å². The van der Waals surface area contributed by atoms with Crippen LogP contribution in [0.3, 0.4) is 0 Å². The fraction of sp³-hybridized carbons (Fsp3) is 0.533. The fourth-order valence-electron chi connectivity index (χ4n) is 7.19. The third-order valence-electron chi connectivity index (χ3n) is 9.01. The molecule has 4 amide bonds. The normalized spacial score (nSPS) is 28.9. The summed E-state index contributed by atoms with van der Waals surface area (Å²) in [5.41, 5.74) is 1.72. The molecule has 0 radical (unpaired) electrons. The summed E-state index contributed by atoms with van der Waals surface area (Å²) in [6, 6.07) is 6.58. The van der Waals surface area contributed by atoms with Crippen molar-refractivity contribution in [3.8, 4) is 0 Å². The number of hydrogen-bond donors (Lipinski definition) is 0. The van der Waals surface area contributed by atoms with Gasteiger partial charge < -0.3 is 0 Å². The molecule has 0 aromatic heterocycles. The van der Waals surface area contributed by atoms with Crippen molar-refractivity contribution < 1.29 is 19.2 Å². The van der Waals surface area contributed by atoms with E-state index in [0.717, 1.165) is 64.2 Å². The van der Waals surface area contributed by atoms with Gasteiger partial charge in [-0.05, 0) is 61.8 Å². The van der Waals surface area contributed by atoms with Crippen LogP contribution in [0.5, 0.6) is 0 Å². The topological polar surface area (TPSA) is 74.8 Å². The summed E-state index contributed by atoms with van der Waals surface area (Å²) in [7, 11) is 0. The molecule has 2 saturated carbocycles. The van der Waals surface area contributed by atoms with Crippen molar-refractivity contribution in [2.24, 2.45) is 11.8 Å². The number of rotatable bonds is 2. The summed E-state index contributed by atoms with van der Waals surface area (Å²) in [5, 5.41) is 0.960. The number of nitrogens with zero attached hydrogens (tertiary/aromatic N) is 2. The lowest BCUT2D eigenvalue weighted by Crippen LogP contribution is -2.49. The predicted molar refractivity (Wildman–Crippen MR) is 137 cm³/mol. The van der Waals surface area contributed by atoms with Crippen LogP contribution in [0, 0.1) is 11.8 Å². The van der Waals surface area contributed by atoms with Gasteiger partial charge in [-0.3, -0.25) is 29.0 Å². The quantitative estimate of drug-likeness (QED) is 0.387. The molecule has 2 aromatic rings. The van der Waals surface area contributed by atoms with Crippen LogP contribution in [-0.4, -0.2) is 45.5 Å². The molecule has 6 nitrogen and oxygen atoms in total. The van der Waals surface area contributed by atoms with E-state index in [4.69, 9.17) is 0 Å². The third-order valence-corrected chi connectivity index (χ3v) is 9.01. The second-order valence-electron chi connectivity index (χ2n) is 11.6. The first kappa shape index (κ1) is 23.4. The predicted octanol–water partition coefficient (Wildman–Crippen LogP) is 5.97. The second-order valence-corrected chi connectivity index (χ2v) is 11.6. The minimum Gasteiger partial charge on any atom is -0.271 e. The first-order valence-corrected chi connectivity index (χ1v) is 13.7. The van der Waals surface area contributed by atoms with Crippen molar-refractivity contribution in [3.63, 3.8) is 0 Å². The lowest BCUT2D eigenvalue weighted by molar-refractivity contribution is 0.0492. The Labute approximate surface area is 212 Å². The Bertz CT molecular complexity index is 1130. The molecule has 2 aliphatic heterocycles. The molecule has 2 aromatic carbocycles. The Morgan fingerprint density at radius 3 is 1.17 bits per heavy atom. The molecule has 6 heteroatoms.